The Balaban J connectivity index is 1.61. The molecular formula is C25H25ClN4O2S. The molecule has 2 heterocycles. The van der Waals surface area contributed by atoms with Crippen molar-refractivity contribution in [1.29, 1.82) is 0 Å². The highest BCUT2D eigenvalue weighted by Gasteiger charge is 2.40. The Morgan fingerprint density at radius 2 is 1.85 bits per heavy atom. The van der Waals surface area contributed by atoms with E-state index in [2.05, 4.69) is 15.6 Å². The van der Waals surface area contributed by atoms with Crippen LogP contribution in [0, 0.1) is 0 Å². The standard InChI is InChI=1S/C25H25ClN4O2S/c1-15(17-7-5-4-6-8-17)28-21(31)13-20-14-33-25-29-16(2)22(24(32)27-3)23(30(20)25)18-9-11-19(26)12-10-18/h4-12,14-15,23H,13H2,1-3H3,(H,27,32)(H,28,31). The molecule has 0 saturated carbocycles. The van der Waals surface area contributed by atoms with Crippen LogP contribution in [0.3, 0.4) is 0 Å². The fourth-order valence-corrected chi connectivity index (χ4v) is 5.13. The molecule has 0 spiro atoms. The lowest BCUT2D eigenvalue weighted by molar-refractivity contribution is -0.121. The molecule has 2 N–H and O–H groups in total. The monoisotopic (exact) mass is 480 g/mol. The molecule has 0 saturated heterocycles. The lowest BCUT2D eigenvalue weighted by Crippen LogP contribution is -2.39. The molecule has 0 fully saturated rings. The van der Waals surface area contributed by atoms with Crippen LogP contribution in [0.1, 0.15) is 43.5 Å². The second-order valence-electron chi connectivity index (χ2n) is 7.90. The van der Waals surface area contributed by atoms with Gasteiger partial charge in [0.15, 0.2) is 5.17 Å². The molecule has 0 bridgehead atoms. The smallest absolute Gasteiger partial charge is 0.251 e. The van der Waals surface area contributed by atoms with Crippen LogP contribution in [0.25, 0.3) is 0 Å². The molecule has 2 aliphatic rings. The van der Waals surface area contributed by atoms with Gasteiger partial charge in [-0.15, -0.1) is 0 Å². The Labute approximate surface area is 202 Å². The highest BCUT2D eigenvalue weighted by Crippen LogP contribution is 2.44. The zero-order chi connectivity index (χ0) is 23.5. The number of aliphatic imine (C=N–C) groups is 1. The number of hydrogen-bond donors (Lipinski definition) is 2. The number of likely N-dealkylation sites (N-methyl/N-ethyl adjacent to an activating group) is 1. The van der Waals surface area contributed by atoms with Crippen LogP contribution < -0.4 is 10.6 Å². The number of allylic oxidation sites excluding steroid dienone is 1. The number of nitrogens with zero attached hydrogens (tertiary/aromatic N) is 2. The number of amides is 2. The third-order valence-electron chi connectivity index (χ3n) is 5.68. The molecule has 2 aromatic carbocycles. The van der Waals surface area contributed by atoms with Crippen LogP contribution >= 0.6 is 23.4 Å². The molecule has 0 aliphatic carbocycles. The summed E-state index contributed by atoms with van der Waals surface area (Å²) < 4.78 is 0. The summed E-state index contributed by atoms with van der Waals surface area (Å²) in [4.78, 5) is 32.4. The third-order valence-corrected chi connectivity index (χ3v) is 6.82. The number of benzene rings is 2. The van der Waals surface area contributed by atoms with E-state index in [0.717, 1.165) is 22.0 Å². The molecule has 2 unspecified atom stereocenters. The summed E-state index contributed by atoms with van der Waals surface area (Å²) in [6.45, 7) is 3.80. The van der Waals surface area contributed by atoms with Crippen LogP contribution in [0.4, 0.5) is 0 Å². The summed E-state index contributed by atoms with van der Waals surface area (Å²) in [6.07, 6.45) is 0.174. The molecule has 2 aromatic rings. The zero-order valence-corrected chi connectivity index (χ0v) is 20.2. The summed E-state index contributed by atoms with van der Waals surface area (Å²) in [5.74, 6) is -0.296. The van der Waals surface area contributed by atoms with Gasteiger partial charge in [0.2, 0.25) is 5.91 Å². The lowest BCUT2D eigenvalue weighted by Gasteiger charge is -2.36. The first kappa shape index (κ1) is 23.1. The molecule has 4 rings (SSSR count). The van der Waals surface area contributed by atoms with E-state index in [-0.39, 0.29) is 24.3 Å². The Hall–Kier alpha value is -3.03. The van der Waals surface area contributed by atoms with E-state index in [4.69, 9.17) is 11.6 Å². The van der Waals surface area contributed by atoms with Crippen molar-refractivity contribution in [1.82, 2.24) is 15.5 Å². The van der Waals surface area contributed by atoms with Crippen molar-refractivity contribution in [3.8, 4) is 0 Å². The first-order valence-corrected chi connectivity index (χ1v) is 11.9. The fourth-order valence-electron chi connectivity index (χ4n) is 4.04. The topological polar surface area (TPSA) is 73.8 Å². The number of rotatable bonds is 6. The third kappa shape index (κ3) is 4.84. The van der Waals surface area contributed by atoms with Crippen molar-refractivity contribution in [3.63, 3.8) is 0 Å². The van der Waals surface area contributed by atoms with E-state index in [0.29, 0.717) is 16.3 Å². The molecule has 8 heteroatoms. The summed E-state index contributed by atoms with van der Waals surface area (Å²) in [5, 5.41) is 9.11. The largest absolute Gasteiger partial charge is 0.355 e. The van der Waals surface area contributed by atoms with Gasteiger partial charge in [0, 0.05) is 17.8 Å². The average molecular weight is 481 g/mol. The van der Waals surface area contributed by atoms with Gasteiger partial charge >= 0.3 is 0 Å². The predicted molar refractivity (Wildman–Crippen MR) is 134 cm³/mol. The van der Waals surface area contributed by atoms with E-state index in [1.807, 2.05) is 66.6 Å². The SMILES string of the molecule is CNC(=O)C1=C(C)N=C2SC=C(CC(=O)NC(C)c3ccccc3)N2C1c1ccc(Cl)cc1. The maximum absolute atomic E-state index is 12.9. The van der Waals surface area contributed by atoms with Crippen molar-refractivity contribution < 1.29 is 9.59 Å². The Kier molecular flexibility index (Phi) is 6.91. The van der Waals surface area contributed by atoms with Crippen molar-refractivity contribution >= 4 is 40.3 Å². The number of nitrogens with one attached hydrogen (secondary N) is 2. The normalized spacial score (nSPS) is 18.3. The molecule has 170 valence electrons. The van der Waals surface area contributed by atoms with E-state index >= 15 is 0 Å². The van der Waals surface area contributed by atoms with Gasteiger partial charge in [0.25, 0.3) is 5.91 Å². The van der Waals surface area contributed by atoms with E-state index in [1.54, 1.807) is 19.2 Å². The van der Waals surface area contributed by atoms with Gasteiger partial charge in [-0.05, 0) is 42.5 Å². The molecule has 6 nitrogen and oxygen atoms in total. The maximum atomic E-state index is 12.9. The molecule has 2 amide bonds. The van der Waals surface area contributed by atoms with Crippen LogP contribution in [-0.4, -0.2) is 28.9 Å². The predicted octanol–water partition coefficient (Wildman–Crippen LogP) is 4.93. The van der Waals surface area contributed by atoms with Gasteiger partial charge in [-0.2, -0.15) is 0 Å². The molecular weight excluding hydrogens is 456 g/mol. The van der Waals surface area contributed by atoms with E-state index in [1.165, 1.54) is 11.8 Å². The minimum atomic E-state index is -0.407. The summed E-state index contributed by atoms with van der Waals surface area (Å²) in [5.41, 5.74) is 3.95. The minimum absolute atomic E-state index is 0.0953. The Bertz CT molecular complexity index is 1160. The highest BCUT2D eigenvalue weighted by molar-refractivity contribution is 8.16. The quantitative estimate of drug-likeness (QED) is 0.615. The van der Waals surface area contributed by atoms with Crippen molar-refractivity contribution in [3.05, 3.63) is 93.1 Å². The second kappa shape index (κ2) is 9.85. The first-order valence-electron chi connectivity index (χ1n) is 10.6. The zero-order valence-electron chi connectivity index (χ0n) is 18.6. The number of hydrogen-bond acceptors (Lipinski definition) is 5. The summed E-state index contributed by atoms with van der Waals surface area (Å²) in [7, 11) is 1.61. The number of halogens is 1. The number of carbonyl (C=O) groups is 2. The van der Waals surface area contributed by atoms with Gasteiger partial charge in [0.05, 0.1) is 29.8 Å². The average Bonchev–Trinajstić information content (AvgIpc) is 3.20. The summed E-state index contributed by atoms with van der Waals surface area (Å²) >= 11 is 7.58. The van der Waals surface area contributed by atoms with Gasteiger partial charge in [-0.3, -0.25) is 9.59 Å². The fraction of sp³-hybridized carbons (Fsp3) is 0.240. The van der Waals surface area contributed by atoms with Crippen LogP contribution in [-0.2, 0) is 9.59 Å². The Morgan fingerprint density at radius 1 is 1.15 bits per heavy atom. The van der Waals surface area contributed by atoms with Crippen LogP contribution in [0.5, 0.6) is 0 Å². The van der Waals surface area contributed by atoms with Crippen LogP contribution in [0.2, 0.25) is 5.02 Å². The van der Waals surface area contributed by atoms with Gasteiger partial charge in [0.1, 0.15) is 0 Å². The minimum Gasteiger partial charge on any atom is -0.355 e. The van der Waals surface area contributed by atoms with Crippen molar-refractivity contribution in [2.24, 2.45) is 4.99 Å². The summed E-state index contributed by atoms with van der Waals surface area (Å²) in [6, 6.07) is 16.7. The number of carbonyl (C=O) groups excluding carboxylic acids is 2. The first-order chi connectivity index (χ1) is 15.9. The van der Waals surface area contributed by atoms with Gasteiger partial charge in [-0.1, -0.05) is 65.8 Å². The second-order valence-corrected chi connectivity index (χ2v) is 9.17. The number of thioether (sulfide) groups is 1. The molecule has 2 aliphatic heterocycles. The Morgan fingerprint density at radius 3 is 2.52 bits per heavy atom. The highest BCUT2D eigenvalue weighted by atomic mass is 35.5. The van der Waals surface area contributed by atoms with Crippen molar-refractivity contribution in [2.45, 2.75) is 32.4 Å². The molecule has 2 atom stereocenters. The van der Waals surface area contributed by atoms with Gasteiger partial charge in [-0.25, -0.2) is 4.99 Å². The van der Waals surface area contributed by atoms with E-state index in [9.17, 15) is 9.59 Å². The molecule has 33 heavy (non-hydrogen) atoms. The maximum Gasteiger partial charge on any atom is 0.251 e. The molecule has 0 aromatic heterocycles. The molecule has 0 radical (unpaired) electrons. The number of fused-ring (bicyclic) bond motifs is 1. The van der Waals surface area contributed by atoms with E-state index < -0.39 is 6.04 Å². The van der Waals surface area contributed by atoms with Crippen molar-refractivity contribution in [2.75, 3.05) is 7.05 Å². The van der Waals surface area contributed by atoms with Gasteiger partial charge < -0.3 is 15.5 Å². The van der Waals surface area contributed by atoms with Crippen LogP contribution in [0.15, 0.2) is 82.0 Å². The lowest BCUT2D eigenvalue weighted by atomic mass is 9.93. The number of amidine groups is 1.